The van der Waals surface area contributed by atoms with Gasteiger partial charge in [0, 0.05) is 57.1 Å². The van der Waals surface area contributed by atoms with Gasteiger partial charge in [-0.05, 0) is 68.0 Å². The smallest absolute Gasteiger partial charge is 0.258 e. The van der Waals surface area contributed by atoms with E-state index in [0.717, 1.165) is 48.8 Å². The number of halogens is 1. The van der Waals surface area contributed by atoms with Gasteiger partial charge < -0.3 is 24.4 Å². The molecule has 0 radical (unpaired) electrons. The number of fused-ring (bicyclic) bond motifs is 1. The van der Waals surface area contributed by atoms with Crippen LogP contribution in [0.15, 0.2) is 30.3 Å². The normalized spacial score (nSPS) is 20.1. The maximum absolute atomic E-state index is 12.0. The Kier molecular flexibility index (Phi) is 8.99. The lowest BCUT2D eigenvalue weighted by Gasteiger charge is -2.49. The van der Waals surface area contributed by atoms with Crippen LogP contribution in [0.3, 0.4) is 0 Å². The molecule has 4 rings (SSSR count). The van der Waals surface area contributed by atoms with Gasteiger partial charge in [0.2, 0.25) is 0 Å². The van der Waals surface area contributed by atoms with E-state index in [1.54, 1.807) is 14.2 Å². The molecule has 2 aromatic rings. The fraction of sp³-hybridized carbons (Fsp3) is 0.536. The van der Waals surface area contributed by atoms with E-state index in [9.17, 15) is 4.79 Å². The third-order valence-corrected chi connectivity index (χ3v) is 7.88. The second-order valence-electron chi connectivity index (χ2n) is 9.64. The van der Waals surface area contributed by atoms with Crippen LogP contribution in [0, 0.1) is 13.8 Å². The fourth-order valence-corrected chi connectivity index (χ4v) is 5.68. The van der Waals surface area contributed by atoms with Gasteiger partial charge in [-0.3, -0.25) is 9.69 Å². The molecule has 0 saturated carbocycles. The van der Waals surface area contributed by atoms with Gasteiger partial charge in [-0.1, -0.05) is 17.7 Å². The molecule has 1 N–H and O–H groups in total. The Labute approximate surface area is 219 Å². The summed E-state index contributed by atoms with van der Waals surface area (Å²) >= 11 is 6.25. The topological polar surface area (TPSA) is 63.3 Å². The summed E-state index contributed by atoms with van der Waals surface area (Å²) in [6.45, 7) is 8.22. The summed E-state index contributed by atoms with van der Waals surface area (Å²) in [5, 5.41) is 3.43. The Bertz CT molecular complexity index is 1060. The zero-order valence-corrected chi connectivity index (χ0v) is 22.6. The van der Waals surface area contributed by atoms with Crippen molar-refractivity contribution in [1.82, 2.24) is 10.2 Å². The fourth-order valence-electron chi connectivity index (χ4n) is 5.48. The minimum absolute atomic E-state index is 0.00624. The number of carbonyl (C=O) groups excluding carboxylic acids is 1. The summed E-state index contributed by atoms with van der Waals surface area (Å²) in [6.07, 6.45) is 3.57. The molecule has 2 atom stereocenters. The van der Waals surface area contributed by atoms with Crippen LogP contribution in [0.2, 0.25) is 5.02 Å². The first kappa shape index (κ1) is 26.6. The number of piperidine rings is 1. The zero-order valence-electron chi connectivity index (χ0n) is 21.8. The number of nitrogens with one attached hydrogen (secondary N) is 1. The number of piperazine rings is 1. The van der Waals surface area contributed by atoms with E-state index in [1.807, 2.05) is 18.2 Å². The summed E-state index contributed by atoms with van der Waals surface area (Å²) in [5.41, 5.74) is 4.89. The number of carbonyl (C=O) groups is 1. The van der Waals surface area contributed by atoms with E-state index in [0.29, 0.717) is 30.3 Å². The average molecular weight is 516 g/mol. The van der Waals surface area contributed by atoms with E-state index in [4.69, 9.17) is 25.8 Å². The molecule has 2 heterocycles. The van der Waals surface area contributed by atoms with Crippen LogP contribution in [0.1, 0.15) is 42.0 Å². The maximum Gasteiger partial charge on any atom is 0.258 e. The predicted octanol–water partition coefficient (Wildman–Crippen LogP) is 4.52. The molecule has 2 fully saturated rings. The molecule has 196 valence electrons. The highest BCUT2D eigenvalue weighted by Crippen LogP contribution is 2.40. The third kappa shape index (κ3) is 5.90. The molecule has 2 aliphatic rings. The molecule has 2 aliphatic heterocycles. The molecule has 1 amide bonds. The monoisotopic (exact) mass is 515 g/mol. The number of benzene rings is 2. The van der Waals surface area contributed by atoms with Crippen LogP contribution in [0.25, 0.3) is 0 Å². The lowest BCUT2D eigenvalue weighted by atomic mass is 9.86. The largest absolute Gasteiger partial charge is 0.495 e. The molecular weight excluding hydrogens is 478 g/mol. The van der Waals surface area contributed by atoms with Crippen molar-refractivity contribution in [3.8, 4) is 11.5 Å². The molecule has 0 bridgehead atoms. The van der Waals surface area contributed by atoms with Crippen LogP contribution < -0.4 is 19.7 Å². The zero-order chi connectivity index (χ0) is 25.7. The first-order valence-corrected chi connectivity index (χ1v) is 13.1. The second kappa shape index (κ2) is 12.2. The van der Waals surface area contributed by atoms with Gasteiger partial charge in [0.1, 0.15) is 11.5 Å². The van der Waals surface area contributed by atoms with E-state index in [1.165, 1.54) is 24.0 Å². The van der Waals surface area contributed by atoms with Crippen molar-refractivity contribution < 1.29 is 19.0 Å². The first-order chi connectivity index (χ1) is 17.4. The van der Waals surface area contributed by atoms with E-state index < -0.39 is 0 Å². The molecule has 1 unspecified atom stereocenters. The van der Waals surface area contributed by atoms with Crippen molar-refractivity contribution in [1.29, 1.82) is 0 Å². The van der Waals surface area contributed by atoms with Crippen LogP contribution in [-0.2, 0) is 9.53 Å². The maximum atomic E-state index is 12.0. The third-order valence-electron chi connectivity index (χ3n) is 7.57. The van der Waals surface area contributed by atoms with E-state index >= 15 is 0 Å². The summed E-state index contributed by atoms with van der Waals surface area (Å²) in [5.74, 6) is 1.35. The summed E-state index contributed by atoms with van der Waals surface area (Å²) in [4.78, 5) is 17.2. The first-order valence-electron chi connectivity index (χ1n) is 12.8. The lowest BCUT2D eigenvalue weighted by Crippen LogP contribution is -2.56. The minimum Gasteiger partial charge on any atom is -0.495 e. The Morgan fingerprint density at radius 1 is 1.08 bits per heavy atom. The van der Waals surface area contributed by atoms with Crippen molar-refractivity contribution in [2.24, 2.45) is 0 Å². The molecule has 2 aromatic carbocycles. The second-order valence-corrected chi connectivity index (χ2v) is 10.0. The molecule has 0 aromatic heterocycles. The van der Waals surface area contributed by atoms with Crippen molar-refractivity contribution in [2.75, 3.05) is 58.5 Å². The molecule has 8 heteroatoms. The standard InChI is InChI=1S/C28H38ClN3O4/c1-19-20(2)26(36-18-28(33)30-12-15-34-3)11-9-23(19)25-7-5-6-22-17-31(13-14-32(22)25)21-8-10-24(29)27(16-21)35-4/h8-11,16,22,25H,5-7,12-15,17-18H2,1-4H3,(H,30,33)/t22?,25-/m1/s1. The summed E-state index contributed by atoms with van der Waals surface area (Å²) < 4.78 is 16.3. The van der Waals surface area contributed by atoms with Gasteiger partial charge in [0.05, 0.1) is 18.7 Å². The number of hydrogen-bond acceptors (Lipinski definition) is 6. The van der Waals surface area contributed by atoms with Crippen LogP contribution in [0.4, 0.5) is 5.69 Å². The quantitative estimate of drug-likeness (QED) is 0.495. The predicted molar refractivity (Wildman–Crippen MR) is 144 cm³/mol. The Balaban J connectivity index is 1.43. The van der Waals surface area contributed by atoms with Gasteiger partial charge >= 0.3 is 0 Å². The Morgan fingerprint density at radius 3 is 2.69 bits per heavy atom. The van der Waals surface area contributed by atoms with Gasteiger partial charge in [0.25, 0.3) is 5.91 Å². The van der Waals surface area contributed by atoms with Crippen LogP contribution in [0.5, 0.6) is 11.5 Å². The molecule has 2 saturated heterocycles. The molecule has 7 nitrogen and oxygen atoms in total. The van der Waals surface area contributed by atoms with Crippen LogP contribution >= 0.6 is 11.6 Å². The van der Waals surface area contributed by atoms with Gasteiger partial charge in [-0.15, -0.1) is 0 Å². The van der Waals surface area contributed by atoms with Gasteiger partial charge in [-0.25, -0.2) is 0 Å². The van der Waals surface area contributed by atoms with Crippen LogP contribution in [-0.4, -0.2) is 70.5 Å². The molecule has 36 heavy (non-hydrogen) atoms. The number of nitrogens with zero attached hydrogens (tertiary/aromatic N) is 2. The number of anilines is 1. The molecule has 0 spiro atoms. The number of methoxy groups -OCH3 is 2. The molecular formula is C28H38ClN3O4. The average Bonchev–Trinajstić information content (AvgIpc) is 2.89. The number of hydrogen-bond donors (Lipinski definition) is 1. The van der Waals surface area contributed by atoms with Crippen molar-refractivity contribution in [3.05, 3.63) is 52.0 Å². The Morgan fingerprint density at radius 2 is 1.92 bits per heavy atom. The van der Waals surface area contributed by atoms with E-state index in [-0.39, 0.29) is 12.5 Å². The minimum atomic E-state index is -0.139. The highest BCUT2D eigenvalue weighted by atomic mass is 35.5. The van der Waals surface area contributed by atoms with Crippen molar-refractivity contribution in [3.63, 3.8) is 0 Å². The molecule has 0 aliphatic carbocycles. The SMILES string of the molecule is COCCNC(=O)COc1ccc([C@H]2CCCC3CN(c4ccc(Cl)c(OC)c4)CCN32)c(C)c1C. The van der Waals surface area contributed by atoms with Crippen molar-refractivity contribution in [2.45, 2.75) is 45.2 Å². The number of rotatable bonds is 9. The van der Waals surface area contributed by atoms with Crippen molar-refractivity contribution >= 4 is 23.2 Å². The highest BCUT2D eigenvalue weighted by molar-refractivity contribution is 6.32. The summed E-state index contributed by atoms with van der Waals surface area (Å²) in [7, 11) is 3.27. The Hall–Kier alpha value is -2.48. The van der Waals surface area contributed by atoms with Gasteiger partial charge in [0.15, 0.2) is 6.61 Å². The number of amides is 1. The lowest BCUT2D eigenvalue weighted by molar-refractivity contribution is -0.123. The van der Waals surface area contributed by atoms with Gasteiger partial charge in [-0.2, -0.15) is 0 Å². The highest BCUT2D eigenvalue weighted by Gasteiger charge is 2.36. The van der Waals surface area contributed by atoms with E-state index in [2.05, 4.69) is 41.1 Å². The number of ether oxygens (including phenoxy) is 3. The summed E-state index contributed by atoms with van der Waals surface area (Å²) in [6, 6.07) is 11.2.